The smallest absolute Gasteiger partial charge is 0.0276 e. The monoisotopic (exact) mass is 148 g/mol. The van der Waals surface area contributed by atoms with Crippen LogP contribution in [0.1, 0.15) is 33.1 Å². The van der Waals surface area contributed by atoms with E-state index in [0.717, 1.165) is 0 Å². The second-order valence-electron chi connectivity index (χ2n) is 3.04. The van der Waals surface area contributed by atoms with E-state index in [9.17, 15) is 0 Å². The topological polar surface area (TPSA) is 0 Å². The first-order chi connectivity index (χ1) is 5.34. The van der Waals surface area contributed by atoms with Gasteiger partial charge in [-0.1, -0.05) is 29.9 Å². The van der Waals surface area contributed by atoms with Gasteiger partial charge in [0.15, 0.2) is 0 Å². The molecular weight excluding hydrogens is 132 g/mol. The fourth-order valence-electron chi connectivity index (χ4n) is 1.43. The van der Waals surface area contributed by atoms with Crippen molar-refractivity contribution in [3.63, 3.8) is 0 Å². The Bertz CT molecular complexity index is 204. The minimum Gasteiger partial charge on any atom is -0.0877 e. The predicted octanol–water partition coefficient (Wildman–Crippen LogP) is 3.62. The van der Waals surface area contributed by atoms with E-state index in [1.165, 1.54) is 19.3 Å². The lowest BCUT2D eigenvalue weighted by Gasteiger charge is -1.92. The van der Waals surface area contributed by atoms with Crippen molar-refractivity contribution in [3.05, 3.63) is 35.5 Å². The molecule has 0 nitrogen and oxygen atoms in total. The molecule has 1 aliphatic rings. The molecule has 0 fully saturated rings. The molecule has 0 radical (unpaired) electrons. The summed E-state index contributed by atoms with van der Waals surface area (Å²) in [5.41, 5.74) is 3.12. The van der Waals surface area contributed by atoms with E-state index in [2.05, 4.69) is 31.2 Å². The van der Waals surface area contributed by atoms with Gasteiger partial charge in [-0.05, 0) is 38.7 Å². The summed E-state index contributed by atoms with van der Waals surface area (Å²) >= 11 is 0. The summed E-state index contributed by atoms with van der Waals surface area (Å²) in [6.45, 7) is 4.28. The van der Waals surface area contributed by atoms with Crippen molar-refractivity contribution in [2.45, 2.75) is 33.1 Å². The van der Waals surface area contributed by atoms with Crippen molar-refractivity contribution in [1.29, 1.82) is 0 Å². The Morgan fingerprint density at radius 2 is 2.00 bits per heavy atom. The van der Waals surface area contributed by atoms with Crippen LogP contribution in [0.4, 0.5) is 0 Å². The highest BCUT2D eigenvalue weighted by atomic mass is 14.1. The van der Waals surface area contributed by atoms with Gasteiger partial charge in [-0.25, -0.2) is 0 Å². The molecule has 0 heteroatoms. The van der Waals surface area contributed by atoms with Crippen molar-refractivity contribution in [2.24, 2.45) is 0 Å². The molecule has 0 spiro atoms. The van der Waals surface area contributed by atoms with Crippen molar-refractivity contribution in [1.82, 2.24) is 0 Å². The van der Waals surface area contributed by atoms with Gasteiger partial charge in [0, 0.05) is 0 Å². The highest BCUT2D eigenvalue weighted by Crippen LogP contribution is 2.25. The first kappa shape index (κ1) is 8.32. The largest absolute Gasteiger partial charge is 0.0877 e. The summed E-state index contributed by atoms with van der Waals surface area (Å²) in [6.07, 6.45) is 12.4. The second kappa shape index (κ2) is 4.17. The third-order valence-electron chi connectivity index (χ3n) is 2.15. The van der Waals surface area contributed by atoms with Crippen LogP contribution in [0.2, 0.25) is 0 Å². The molecule has 0 aliphatic heterocycles. The van der Waals surface area contributed by atoms with E-state index in [-0.39, 0.29) is 0 Å². The SMILES string of the molecule is C/C=C\C=C/C1=C(C)CCC1. The number of allylic oxidation sites excluding steroid dienone is 6. The molecule has 0 unspecified atom stereocenters. The molecule has 1 rings (SSSR count). The van der Waals surface area contributed by atoms with Gasteiger partial charge in [0.1, 0.15) is 0 Å². The first-order valence-corrected chi connectivity index (χ1v) is 4.32. The molecule has 0 bridgehead atoms. The Labute approximate surface area is 69.3 Å². The zero-order valence-electron chi connectivity index (χ0n) is 7.43. The quantitative estimate of drug-likeness (QED) is 0.525. The van der Waals surface area contributed by atoms with E-state index in [1.807, 2.05) is 6.92 Å². The number of hydrogen-bond donors (Lipinski definition) is 0. The molecule has 11 heavy (non-hydrogen) atoms. The van der Waals surface area contributed by atoms with Crippen LogP contribution in [0, 0.1) is 0 Å². The van der Waals surface area contributed by atoms with E-state index in [4.69, 9.17) is 0 Å². The van der Waals surface area contributed by atoms with Gasteiger partial charge in [0.25, 0.3) is 0 Å². The van der Waals surface area contributed by atoms with Gasteiger partial charge in [-0.15, -0.1) is 0 Å². The Morgan fingerprint density at radius 3 is 2.55 bits per heavy atom. The average Bonchev–Trinajstić information content (AvgIpc) is 2.37. The summed E-state index contributed by atoms with van der Waals surface area (Å²) in [7, 11) is 0. The molecule has 0 saturated heterocycles. The Kier molecular flexibility index (Phi) is 3.15. The predicted molar refractivity (Wildman–Crippen MR) is 50.5 cm³/mol. The van der Waals surface area contributed by atoms with Crippen LogP contribution in [0.15, 0.2) is 35.5 Å². The molecule has 0 atom stereocenters. The van der Waals surface area contributed by atoms with E-state index < -0.39 is 0 Å². The molecule has 0 N–H and O–H groups in total. The van der Waals surface area contributed by atoms with Crippen LogP contribution >= 0.6 is 0 Å². The minimum atomic E-state index is 1.28. The van der Waals surface area contributed by atoms with E-state index >= 15 is 0 Å². The van der Waals surface area contributed by atoms with Crippen LogP contribution in [0.5, 0.6) is 0 Å². The summed E-state index contributed by atoms with van der Waals surface area (Å²) in [5.74, 6) is 0. The van der Waals surface area contributed by atoms with Crippen molar-refractivity contribution in [3.8, 4) is 0 Å². The fourth-order valence-corrected chi connectivity index (χ4v) is 1.43. The summed E-state index contributed by atoms with van der Waals surface area (Å²) in [5, 5.41) is 0. The zero-order chi connectivity index (χ0) is 8.10. The van der Waals surface area contributed by atoms with E-state index in [0.29, 0.717) is 0 Å². The molecule has 0 amide bonds. The van der Waals surface area contributed by atoms with E-state index in [1.54, 1.807) is 11.1 Å². The van der Waals surface area contributed by atoms with Crippen LogP contribution < -0.4 is 0 Å². The maximum atomic E-state index is 2.24. The van der Waals surface area contributed by atoms with Crippen LogP contribution in [0.3, 0.4) is 0 Å². The molecule has 0 aromatic rings. The molecule has 0 aromatic carbocycles. The Balaban J connectivity index is 2.54. The van der Waals surface area contributed by atoms with Crippen molar-refractivity contribution < 1.29 is 0 Å². The number of rotatable bonds is 2. The molecule has 0 heterocycles. The van der Waals surface area contributed by atoms with Gasteiger partial charge in [0.2, 0.25) is 0 Å². The average molecular weight is 148 g/mol. The summed E-state index contributed by atoms with van der Waals surface area (Å²) in [6, 6.07) is 0. The maximum Gasteiger partial charge on any atom is -0.0276 e. The Hall–Kier alpha value is -0.780. The zero-order valence-corrected chi connectivity index (χ0v) is 7.43. The van der Waals surface area contributed by atoms with Gasteiger partial charge in [0.05, 0.1) is 0 Å². The lowest BCUT2D eigenvalue weighted by Crippen LogP contribution is -1.71. The normalized spacial score (nSPS) is 19.5. The van der Waals surface area contributed by atoms with Gasteiger partial charge >= 0.3 is 0 Å². The highest BCUT2D eigenvalue weighted by Gasteiger charge is 2.06. The first-order valence-electron chi connectivity index (χ1n) is 4.32. The number of hydrogen-bond acceptors (Lipinski definition) is 0. The second-order valence-corrected chi connectivity index (χ2v) is 3.04. The molecule has 0 aromatic heterocycles. The third kappa shape index (κ3) is 2.38. The lowest BCUT2D eigenvalue weighted by molar-refractivity contribution is 0.899. The maximum absolute atomic E-state index is 2.24. The Morgan fingerprint density at radius 1 is 1.18 bits per heavy atom. The molecule has 0 saturated carbocycles. The minimum absolute atomic E-state index is 1.28. The van der Waals surface area contributed by atoms with Crippen molar-refractivity contribution >= 4 is 0 Å². The summed E-state index contributed by atoms with van der Waals surface area (Å²) < 4.78 is 0. The van der Waals surface area contributed by atoms with Crippen molar-refractivity contribution in [2.75, 3.05) is 0 Å². The molecule has 1 aliphatic carbocycles. The summed E-state index contributed by atoms with van der Waals surface area (Å²) in [4.78, 5) is 0. The van der Waals surface area contributed by atoms with Gasteiger partial charge < -0.3 is 0 Å². The fraction of sp³-hybridized carbons (Fsp3) is 0.455. The van der Waals surface area contributed by atoms with Crippen LogP contribution in [-0.4, -0.2) is 0 Å². The molecule has 60 valence electrons. The third-order valence-corrected chi connectivity index (χ3v) is 2.15. The lowest BCUT2D eigenvalue weighted by atomic mass is 10.1. The standard InChI is InChI=1S/C11H16/c1-3-4-5-8-11-9-6-7-10(11)2/h3-5,8H,6-7,9H2,1-2H3/b4-3-,8-5-. The van der Waals surface area contributed by atoms with Crippen LogP contribution in [-0.2, 0) is 0 Å². The van der Waals surface area contributed by atoms with Gasteiger partial charge in [-0.3, -0.25) is 0 Å². The van der Waals surface area contributed by atoms with Gasteiger partial charge in [-0.2, -0.15) is 0 Å². The molecular formula is C11H16. The highest BCUT2D eigenvalue weighted by molar-refractivity contribution is 5.29. The van der Waals surface area contributed by atoms with Crippen LogP contribution in [0.25, 0.3) is 0 Å².